The molecular weight excluding hydrogens is 340 g/mol. The number of fused-ring (bicyclic) bond motifs is 5. The van der Waals surface area contributed by atoms with Gasteiger partial charge < -0.3 is 10.6 Å². The molecule has 4 atom stereocenters. The normalized spacial score (nSPS) is 37.9. The predicted molar refractivity (Wildman–Crippen MR) is 105 cm³/mol. The molecule has 2 amide bonds. The predicted octanol–water partition coefficient (Wildman–Crippen LogP) is 1.78. The Hall–Kier alpha value is -1.85. The van der Waals surface area contributed by atoms with Crippen LogP contribution in [0.3, 0.4) is 0 Å². The van der Waals surface area contributed by atoms with Crippen molar-refractivity contribution in [1.29, 1.82) is 0 Å². The van der Waals surface area contributed by atoms with Crippen LogP contribution in [0.15, 0.2) is 17.1 Å². The van der Waals surface area contributed by atoms with Crippen LogP contribution in [0.25, 0.3) is 0 Å². The molecule has 4 unspecified atom stereocenters. The zero-order valence-electron chi connectivity index (χ0n) is 16.5. The van der Waals surface area contributed by atoms with Crippen LogP contribution in [0.2, 0.25) is 0 Å². The molecule has 4 aliphatic rings. The molecule has 0 aromatic rings. The molecule has 0 radical (unpaired) electrons. The molecule has 3 aliphatic carbocycles. The van der Waals surface area contributed by atoms with Crippen LogP contribution in [0, 0.1) is 35.5 Å². The van der Waals surface area contributed by atoms with Crippen molar-refractivity contribution in [3.05, 3.63) is 12.2 Å². The summed E-state index contributed by atoms with van der Waals surface area (Å²) in [6, 6.07) is 0. The summed E-state index contributed by atoms with van der Waals surface area (Å²) in [6.45, 7) is 4.24. The van der Waals surface area contributed by atoms with Crippen molar-refractivity contribution in [2.45, 2.75) is 39.0 Å². The smallest absolute Gasteiger partial charge is 0.233 e. The van der Waals surface area contributed by atoms with Crippen LogP contribution in [0.5, 0.6) is 0 Å². The Morgan fingerprint density at radius 2 is 1.70 bits per heavy atom. The van der Waals surface area contributed by atoms with E-state index in [1.807, 2.05) is 0 Å². The van der Waals surface area contributed by atoms with E-state index in [4.69, 9.17) is 0 Å². The first-order chi connectivity index (χ1) is 13.1. The number of likely N-dealkylation sites (tertiary alicyclic amines) is 1. The molecule has 0 aromatic carbocycles. The summed E-state index contributed by atoms with van der Waals surface area (Å²) in [5.41, 5.74) is 0. The van der Waals surface area contributed by atoms with Crippen LogP contribution in [0.1, 0.15) is 39.0 Å². The highest BCUT2D eigenvalue weighted by Gasteiger charge is 2.58. The summed E-state index contributed by atoms with van der Waals surface area (Å²) < 4.78 is 0. The standard InChI is InChI=1S/C21H32N4O2/c1-13-3-5-14(6-4-13)12-24-21(22-2)23-9-10-25-19(26)17-15-7-8-16(11-15)18(17)20(25)27/h7-8,13-18H,3-6,9-12H2,1-2H3,(H2,22,23,24). The number of rotatable bonds is 5. The molecule has 0 spiro atoms. The summed E-state index contributed by atoms with van der Waals surface area (Å²) in [5, 5.41) is 6.67. The molecule has 6 heteroatoms. The van der Waals surface area contributed by atoms with Crippen LogP contribution >= 0.6 is 0 Å². The van der Waals surface area contributed by atoms with Gasteiger partial charge in [-0.3, -0.25) is 19.5 Å². The zero-order valence-corrected chi connectivity index (χ0v) is 16.5. The van der Waals surface area contributed by atoms with E-state index in [2.05, 4.69) is 34.7 Å². The van der Waals surface area contributed by atoms with Gasteiger partial charge >= 0.3 is 0 Å². The summed E-state index contributed by atoms with van der Waals surface area (Å²) >= 11 is 0. The van der Waals surface area contributed by atoms with Crippen LogP contribution in [-0.4, -0.2) is 49.4 Å². The second-order valence-corrected chi connectivity index (χ2v) is 8.83. The first kappa shape index (κ1) is 18.5. The van der Waals surface area contributed by atoms with Crippen molar-refractivity contribution in [3.63, 3.8) is 0 Å². The number of carbonyl (C=O) groups is 2. The molecule has 2 saturated carbocycles. The van der Waals surface area contributed by atoms with Crippen molar-refractivity contribution >= 4 is 17.8 Å². The summed E-state index contributed by atoms with van der Waals surface area (Å²) in [5.74, 6) is 2.75. The van der Waals surface area contributed by atoms with Crippen molar-refractivity contribution in [1.82, 2.24) is 15.5 Å². The van der Waals surface area contributed by atoms with E-state index in [0.717, 1.165) is 24.8 Å². The Morgan fingerprint density at radius 1 is 1.07 bits per heavy atom. The number of carbonyl (C=O) groups excluding carboxylic acids is 2. The number of guanidine groups is 1. The molecule has 1 heterocycles. The number of imide groups is 1. The summed E-state index contributed by atoms with van der Waals surface area (Å²) in [4.78, 5) is 31.1. The second kappa shape index (κ2) is 7.64. The molecule has 148 valence electrons. The lowest BCUT2D eigenvalue weighted by Gasteiger charge is -2.27. The third kappa shape index (κ3) is 3.50. The van der Waals surface area contributed by atoms with Gasteiger partial charge in [0.25, 0.3) is 0 Å². The fourth-order valence-corrected chi connectivity index (χ4v) is 5.47. The Kier molecular flexibility index (Phi) is 5.24. The average Bonchev–Trinajstić information content (AvgIpc) is 3.35. The maximum atomic E-state index is 12.7. The molecule has 2 bridgehead atoms. The molecule has 0 aromatic heterocycles. The molecule has 27 heavy (non-hydrogen) atoms. The highest BCUT2D eigenvalue weighted by atomic mass is 16.2. The number of nitrogens with zero attached hydrogens (tertiary/aromatic N) is 2. The number of aliphatic imine (C=N–C) groups is 1. The quantitative estimate of drug-likeness (QED) is 0.334. The molecule has 2 N–H and O–H groups in total. The maximum absolute atomic E-state index is 12.7. The largest absolute Gasteiger partial charge is 0.356 e. The molecule has 1 saturated heterocycles. The number of allylic oxidation sites excluding steroid dienone is 2. The third-order valence-electron chi connectivity index (χ3n) is 7.11. The van der Waals surface area contributed by atoms with Gasteiger partial charge in [0.2, 0.25) is 11.8 Å². The Morgan fingerprint density at radius 3 is 2.30 bits per heavy atom. The summed E-state index contributed by atoms with van der Waals surface area (Å²) in [7, 11) is 1.76. The first-order valence-electron chi connectivity index (χ1n) is 10.6. The second-order valence-electron chi connectivity index (χ2n) is 8.83. The van der Waals surface area contributed by atoms with E-state index in [1.165, 1.54) is 30.6 Å². The van der Waals surface area contributed by atoms with E-state index >= 15 is 0 Å². The third-order valence-corrected chi connectivity index (χ3v) is 7.11. The number of amides is 2. The zero-order chi connectivity index (χ0) is 19.0. The Bertz CT molecular complexity index is 621. The highest BCUT2D eigenvalue weighted by molar-refractivity contribution is 6.06. The van der Waals surface area contributed by atoms with E-state index in [0.29, 0.717) is 19.0 Å². The minimum atomic E-state index is -0.0985. The van der Waals surface area contributed by atoms with E-state index < -0.39 is 0 Å². The lowest BCUT2D eigenvalue weighted by atomic mass is 9.83. The van der Waals surface area contributed by atoms with Gasteiger partial charge in [0.1, 0.15) is 0 Å². The van der Waals surface area contributed by atoms with Crippen LogP contribution in [-0.2, 0) is 9.59 Å². The molecule has 1 aliphatic heterocycles. The van der Waals surface area contributed by atoms with Gasteiger partial charge in [-0.1, -0.05) is 31.9 Å². The lowest BCUT2D eigenvalue weighted by Crippen LogP contribution is -2.45. The summed E-state index contributed by atoms with van der Waals surface area (Å²) in [6.07, 6.45) is 10.4. The average molecular weight is 373 g/mol. The Balaban J connectivity index is 1.22. The molecule has 4 rings (SSSR count). The molecule has 6 nitrogen and oxygen atoms in total. The van der Waals surface area contributed by atoms with Crippen molar-refractivity contribution in [2.24, 2.45) is 40.5 Å². The van der Waals surface area contributed by atoms with Crippen LogP contribution < -0.4 is 10.6 Å². The van der Waals surface area contributed by atoms with Gasteiger partial charge in [0, 0.05) is 26.7 Å². The number of hydrogen-bond donors (Lipinski definition) is 2. The SMILES string of the molecule is CN=C(NCCN1C(=O)C2C3C=CC(C3)C2C1=O)NCC1CCC(C)CC1. The maximum Gasteiger partial charge on any atom is 0.233 e. The van der Waals surface area contributed by atoms with Gasteiger partial charge in [0.05, 0.1) is 11.8 Å². The fourth-order valence-electron chi connectivity index (χ4n) is 5.47. The minimum absolute atomic E-state index is 0.0305. The van der Waals surface area contributed by atoms with Crippen molar-refractivity contribution in [2.75, 3.05) is 26.7 Å². The van der Waals surface area contributed by atoms with E-state index in [9.17, 15) is 9.59 Å². The van der Waals surface area contributed by atoms with Gasteiger partial charge in [-0.15, -0.1) is 0 Å². The minimum Gasteiger partial charge on any atom is -0.356 e. The van der Waals surface area contributed by atoms with Gasteiger partial charge in [-0.05, 0) is 42.9 Å². The van der Waals surface area contributed by atoms with Gasteiger partial charge in [-0.2, -0.15) is 0 Å². The monoisotopic (exact) mass is 372 g/mol. The lowest BCUT2D eigenvalue weighted by molar-refractivity contribution is -0.140. The highest BCUT2D eigenvalue weighted by Crippen LogP contribution is 2.52. The van der Waals surface area contributed by atoms with E-state index in [-0.39, 0.29) is 35.5 Å². The fraction of sp³-hybridized carbons (Fsp3) is 0.762. The number of nitrogens with one attached hydrogen (secondary N) is 2. The topological polar surface area (TPSA) is 73.8 Å². The first-order valence-corrected chi connectivity index (χ1v) is 10.6. The van der Waals surface area contributed by atoms with Crippen molar-refractivity contribution < 1.29 is 9.59 Å². The Labute approximate surface area is 161 Å². The molecule has 3 fully saturated rings. The van der Waals surface area contributed by atoms with Crippen LogP contribution in [0.4, 0.5) is 0 Å². The van der Waals surface area contributed by atoms with Gasteiger partial charge in [0.15, 0.2) is 5.96 Å². The van der Waals surface area contributed by atoms with E-state index in [1.54, 1.807) is 7.05 Å². The molecular formula is C21H32N4O2. The number of hydrogen-bond acceptors (Lipinski definition) is 3. The van der Waals surface area contributed by atoms with Crippen molar-refractivity contribution in [3.8, 4) is 0 Å². The van der Waals surface area contributed by atoms with Gasteiger partial charge in [-0.25, -0.2) is 0 Å².